The normalized spacial score (nSPS) is 19.7. The Morgan fingerprint density at radius 3 is 2.66 bits per heavy atom. The van der Waals surface area contributed by atoms with Crippen LogP contribution in [0.2, 0.25) is 0 Å². The number of aromatic nitrogens is 4. The van der Waals surface area contributed by atoms with E-state index in [2.05, 4.69) is 50.1 Å². The van der Waals surface area contributed by atoms with Gasteiger partial charge in [-0.05, 0) is 51.5 Å². The zero-order chi connectivity index (χ0) is 24.4. The van der Waals surface area contributed by atoms with Crippen LogP contribution < -0.4 is 20.5 Å². The summed E-state index contributed by atoms with van der Waals surface area (Å²) in [4.78, 5) is 33.2. The summed E-state index contributed by atoms with van der Waals surface area (Å²) in [6.45, 7) is 6.77. The Morgan fingerprint density at radius 1 is 1.06 bits per heavy atom. The highest BCUT2D eigenvalue weighted by Crippen LogP contribution is 2.32. The Kier molecular flexibility index (Phi) is 6.83. The van der Waals surface area contributed by atoms with E-state index in [9.17, 15) is 4.79 Å². The molecule has 3 aromatic rings. The van der Waals surface area contributed by atoms with E-state index >= 15 is 0 Å². The first kappa shape index (κ1) is 23.5. The zero-order valence-electron chi connectivity index (χ0n) is 20.8. The molecule has 0 saturated carbocycles. The quantitative estimate of drug-likeness (QED) is 0.571. The minimum Gasteiger partial charge on any atom is -0.494 e. The van der Waals surface area contributed by atoms with Crippen molar-refractivity contribution in [3.63, 3.8) is 0 Å². The first-order chi connectivity index (χ1) is 17.0. The minimum absolute atomic E-state index is 0.135. The lowest BCUT2D eigenvalue weighted by atomic mass is 9.98. The summed E-state index contributed by atoms with van der Waals surface area (Å²) < 4.78 is 7.43. The van der Waals surface area contributed by atoms with E-state index in [4.69, 9.17) is 9.72 Å². The SMILES string of the molecule is COc1cc(N2CCN(C)CC2)ccc1Nc1ncc2ncc(=O)n(C[C@@H]3CCCN(C)C3)c2n1. The first-order valence-corrected chi connectivity index (χ1v) is 12.3. The molecular formula is C25H34N8O2. The highest BCUT2D eigenvalue weighted by atomic mass is 16.5. The smallest absolute Gasteiger partial charge is 0.270 e. The predicted octanol–water partition coefficient (Wildman–Crippen LogP) is 2.03. The molecule has 2 fully saturated rings. The maximum atomic E-state index is 12.7. The average Bonchev–Trinajstić information content (AvgIpc) is 2.87. The van der Waals surface area contributed by atoms with Gasteiger partial charge in [-0.1, -0.05) is 0 Å². The number of benzene rings is 1. The van der Waals surface area contributed by atoms with Crippen molar-refractivity contribution < 1.29 is 4.74 Å². The molecule has 35 heavy (non-hydrogen) atoms. The topological polar surface area (TPSA) is 91.7 Å². The number of fused-ring (bicyclic) bond motifs is 1. The lowest BCUT2D eigenvalue weighted by molar-refractivity contribution is 0.194. The summed E-state index contributed by atoms with van der Waals surface area (Å²) >= 11 is 0. The van der Waals surface area contributed by atoms with Gasteiger partial charge in [0.2, 0.25) is 5.95 Å². The molecule has 0 bridgehead atoms. The number of hydrogen-bond acceptors (Lipinski definition) is 9. The number of likely N-dealkylation sites (N-methyl/N-ethyl adjacent to an activating group) is 1. The second-order valence-electron chi connectivity index (χ2n) is 9.68. The molecule has 0 radical (unpaired) electrons. The minimum atomic E-state index is -0.135. The van der Waals surface area contributed by atoms with E-state index in [0.29, 0.717) is 29.6 Å². The van der Waals surface area contributed by atoms with Crippen LogP contribution in [-0.4, -0.2) is 89.8 Å². The molecule has 0 spiro atoms. The second-order valence-corrected chi connectivity index (χ2v) is 9.68. The summed E-state index contributed by atoms with van der Waals surface area (Å²) in [6.07, 6.45) is 5.28. The molecule has 186 valence electrons. The molecule has 2 saturated heterocycles. The maximum absolute atomic E-state index is 12.7. The molecule has 5 rings (SSSR count). The van der Waals surface area contributed by atoms with E-state index in [0.717, 1.165) is 69.2 Å². The molecule has 4 heterocycles. The third-order valence-corrected chi connectivity index (χ3v) is 7.05. The molecule has 0 aliphatic carbocycles. The number of likely N-dealkylation sites (tertiary alicyclic amines) is 1. The average molecular weight is 479 g/mol. The van der Waals surface area contributed by atoms with Crippen LogP contribution in [-0.2, 0) is 6.54 Å². The number of ether oxygens (including phenoxy) is 1. The summed E-state index contributed by atoms with van der Waals surface area (Å²) in [5, 5.41) is 3.28. The predicted molar refractivity (Wildman–Crippen MR) is 138 cm³/mol. The van der Waals surface area contributed by atoms with Gasteiger partial charge in [0.05, 0.1) is 25.2 Å². The summed E-state index contributed by atoms with van der Waals surface area (Å²) in [7, 11) is 5.95. The van der Waals surface area contributed by atoms with Gasteiger partial charge in [-0.3, -0.25) is 9.36 Å². The Morgan fingerprint density at radius 2 is 1.89 bits per heavy atom. The van der Waals surface area contributed by atoms with E-state index in [1.54, 1.807) is 17.9 Å². The third-order valence-electron chi connectivity index (χ3n) is 7.05. The van der Waals surface area contributed by atoms with Gasteiger partial charge in [0.25, 0.3) is 5.56 Å². The van der Waals surface area contributed by atoms with Crippen molar-refractivity contribution in [2.45, 2.75) is 19.4 Å². The molecule has 2 aliphatic rings. The lowest BCUT2D eigenvalue weighted by Crippen LogP contribution is -2.44. The first-order valence-electron chi connectivity index (χ1n) is 12.3. The molecule has 1 atom stereocenters. The van der Waals surface area contributed by atoms with E-state index < -0.39 is 0 Å². The van der Waals surface area contributed by atoms with Gasteiger partial charge in [0.15, 0.2) is 5.65 Å². The molecule has 1 aromatic carbocycles. The zero-order valence-corrected chi connectivity index (χ0v) is 20.8. The van der Waals surface area contributed by atoms with Crippen molar-refractivity contribution in [1.82, 2.24) is 29.3 Å². The van der Waals surface area contributed by atoms with Crippen LogP contribution in [0.5, 0.6) is 5.75 Å². The standard InChI is InChI=1S/C25H34N8O2/c1-30-9-11-32(12-10-30)19-6-7-20(22(13-19)35-3)28-25-27-14-21-24(29-25)33(23(34)15-26-21)17-18-5-4-8-31(2)16-18/h6-7,13-15,18H,4-5,8-12,16-17H2,1-3H3,(H,27,28,29)/t18-/m1/s1. The number of nitrogens with zero attached hydrogens (tertiary/aromatic N) is 7. The Hall–Kier alpha value is -3.24. The summed E-state index contributed by atoms with van der Waals surface area (Å²) in [6, 6.07) is 6.13. The highest BCUT2D eigenvalue weighted by Gasteiger charge is 2.20. The number of hydrogen-bond donors (Lipinski definition) is 1. The molecule has 2 aliphatic heterocycles. The van der Waals surface area contributed by atoms with Crippen LogP contribution in [0.1, 0.15) is 12.8 Å². The van der Waals surface area contributed by atoms with Crippen molar-refractivity contribution >= 4 is 28.5 Å². The Balaban J connectivity index is 1.40. The molecule has 10 heteroatoms. The number of rotatable bonds is 6. The fraction of sp³-hybridized carbons (Fsp3) is 0.520. The van der Waals surface area contributed by atoms with E-state index in [1.165, 1.54) is 6.20 Å². The van der Waals surface area contributed by atoms with Gasteiger partial charge in [-0.2, -0.15) is 4.98 Å². The lowest BCUT2D eigenvalue weighted by Gasteiger charge is -2.34. The van der Waals surface area contributed by atoms with Crippen molar-refractivity contribution in [1.29, 1.82) is 0 Å². The maximum Gasteiger partial charge on any atom is 0.270 e. The number of piperazine rings is 1. The summed E-state index contributed by atoms with van der Waals surface area (Å²) in [5.74, 6) is 1.54. The number of piperidine rings is 1. The Labute approximate surface area is 205 Å². The van der Waals surface area contributed by atoms with Crippen molar-refractivity contribution in [2.75, 3.05) is 70.7 Å². The van der Waals surface area contributed by atoms with Crippen LogP contribution in [0.25, 0.3) is 11.2 Å². The fourth-order valence-corrected chi connectivity index (χ4v) is 5.04. The van der Waals surface area contributed by atoms with Crippen LogP contribution in [0.15, 0.2) is 35.4 Å². The molecular weight excluding hydrogens is 444 g/mol. The van der Waals surface area contributed by atoms with Crippen molar-refractivity contribution in [3.8, 4) is 5.75 Å². The molecule has 0 unspecified atom stereocenters. The fourth-order valence-electron chi connectivity index (χ4n) is 5.04. The highest BCUT2D eigenvalue weighted by molar-refractivity contribution is 5.73. The van der Waals surface area contributed by atoms with Crippen LogP contribution in [0.4, 0.5) is 17.3 Å². The molecule has 10 nitrogen and oxygen atoms in total. The van der Waals surface area contributed by atoms with Gasteiger partial charge >= 0.3 is 0 Å². The number of nitrogens with one attached hydrogen (secondary N) is 1. The van der Waals surface area contributed by atoms with Gasteiger partial charge in [-0.15, -0.1) is 0 Å². The molecule has 2 aromatic heterocycles. The number of anilines is 3. The molecule has 0 amide bonds. The molecule has 1 N–H and O–H groups in total. The van der Waals surface area contributed by atoms with E-state index in [-0.39, 0.29) is 5.56 Å². The third kappa shape index (κ3) is 5.23. The Bertz CT molecular complexity index is 1240. The van der Waals surface area contributed by atoms with E-state index in [1.807, 2.05) is 12.1 Å². The van der Waals surface area contributed by atoms with Gasteiger partial charge in [-0.25, -0.2) is 9.97 Å². The van der Waals surface area contributed by atoms with Gasteiger partial charge in [0, 0.05) is 51.0 Å². The number of methoxy groups -OCH3 is 1. The summed E-state index contributed by atoms with van der Waals surface area (Å²) in [5.41, 5.74) is 2.93. The van der Waals surface area contributed by atoms with Crippen LogP contribution >= 0.6 is 0 Å². The van der Waals surface area contributed by atoms with Crippen molar-refractivity contribution in [3.05, 3.63) is 40.9 Å². The van der Waals surface area contributed by atoms with Gasteiger partial charge < -0.3 is 24.8 Å². The van der Waals surface area contributed by atoms with Crippen LogP contribution in [0, 0.1) is 5.92 Å². The largest absolute Gasteiger partial charge is 0.494 e. The second kappa shape index (κ2) is 10.2. The van der Waals surface area contributed by atoms with Gasteiger partial charge in [0.1, 0.15) is 11.3 Å². The monoisotopic (exact) mass is 478 g/mol. The van der Waals surface area contributed by atoms with Crippen LogP contribution in [0.3, 0.4) is 0 Å². The van der Waals surface area contributed by atoms with Crippen molar-refractivity contribution in [2.24, 2.45) is 5.92 Å².